The Kier molecular flexibility index (Phi) is 4.99. The number of carbonyl (C=O) groups excluding carboxylic acids is 1. The molecule has 5 heteroatoms. The molecule has 1 aromatic rings. The number of esters is 1. The Balaban J connectivity index is 2.23. The predicted molar refractivity (Wildman–Crippen MR) is 87.0 cm³/mol. The number of nitrogens with two attached hydrogens (primary N) is 1. The highest BCUT2D eigenvalue weighted by Gasteiger charge is 2.22. The number of benzene rings is 1. The van der Waals surface area contributed by atoms with E-state index < -0.39 is 5.97 Å². The number of ether oxygens (including phenoxy) is 1. The quantitative estimate of drug-likeness (QED) is 0.683. The van der Waals surface area contributed by atoms with Gasteiger partial charge in [-0.3, -0.25) is 0 Å². The second kappa shape index (κ2) is 6.56. The van der Waals surface area contributed by atoms with Gasteiger partial charge in [-0.15, -0.1) is 0 Å². The van der Waals surface area contributed by atoms with Crippen LogP contribution in [0.1, 0.15) is 44.0 Å². The third-order valence-corrected chi connectivity index (χ3v) is 4.06. The fraction of sp³-hybridized carbons (Fsp3) is 0.562. The molecule has 0 saturated carbocycles. The van der Waals surface area contributed by atoms with Gasteiger partial charge in [0.25, 0.3) is 0 Å². The van der Waals surface area contributed by atoms with Crippen LogP contribution < -0.4 is 10.6 Å². The third-order valence-electron chi connectivity index (χ3n) is 3.77. The molecular formula is C16H23ClN2O2. The van der Waals surface area contributed by atoms with E-state index in [-0.39, 0.29) is 6.10 Å². The van der Waals surface area contributed by atoms with Gasteiger partial charge in [-0.2, -0.15) is 0 Å². The maximum atomic E-state index is 11.9. The van der Waals surface area contributed by atoms with Gasteiger partial charge in [0.2, 0.25) is 0 Å². The van der Waals surface area contributed by atoms with Crippen molar-refractivity contribution >= 4 is 28.9 Å². The van der Waals surface area contributed by atoms with Gasteiger partial charge in [0.15, 0.2) is 0 Å². The summed E-state index contributed by atoms with van der Waals surface area (Å²) in [5.41, 5.74) is 7.90. The van der Waals surface area contributed by atoms with Gasteiger partial charge in [-0.1, -0.05) is 18.5 Å². The van der Waals surface area contributed by atoms with E-state index in [1.54, 1.807) is 12.1 Å². The lowest BCUT2D eigenvalue weighted by Crippen LogP contribution is -2.33. The largest absolute Gasteiger partial charge is 0.459 e. The van der Waals surface area contributed by atoms with Gasteiger partial charge in [0.1, 0.15) is 0 Å². The summed E-state index contributed by atoms with van der Waals surface area (Å²) in [6, 6.07) is 3.31. The predicted octanol–water partition coefficient (Wildman–Crippen LogP) is 3.72. The second-order valence-corrected chi connectivity index (χ2v) is 6.43. The number of carbonyl (C=O) groups is 1. The van der Waals surface area contributed by atoms with Crippen molar-refractivity contribution in [2.75, 3.05) is 23.7 Å². The zero-order valence-electron chi connectivity index (χ0n) is 12.9. The SMILES string of the molecule is CC1CCN(c2c(N)cc(C(=O)OC(C)C)cc2Cl)CC1. The summed E-state index contributed by atoms with van der Waals surface area (Å²) in [6.45, 7) is 7.77. The molecule has 2 rings (SSSR count). The molecule has 21 heavy (non-hydrogen) atoms. The lowest BCUT2D eigenvalue weighted by molar-refractivity contribution is 0.0378. The van der Waals surface area contributed by atoms with E-state index in [0.29, 0.717) is 16.3 Å². The van der Waals surface area contributed by atoms with Gasteiger partial charge in [-0.05, 0) is 44.7 Å². The maximum Gasteiger partial charge on any atom is 0.338 e. The molecule has 0 amide bonds. The first-order valence-electron chi connectivity index (χ1n) is 7.43. The fourth-order valence-corrected chi connectivity index (χ4v) is 2.93. The van der Waals surface area contributed by atoms with Crippen LogP contribution in [0, 0.1) is 5.92 Å². The molecule has 2 N–H and O–H groups in total. The van der Waals surface area contributed by atoms with Crippen molar-refractivity contribution in [1.29, 1.82) is 0 Å². The molecule has 0 aromatic heterocycles. The number of nitrogens with zero attached hydrogens (tertiary/aromatic N) is 1. The van der Waals surface area contributed by atoms with Crippen LogP contribution >= 0.6 is 11.6 Å². The Morgan fingerprint density at radius 3 is 2.52 bits per heavy atom. The molecular weight excluding hydrogens is 288 g/mol. The molecule has 116 valence electrons. The minimum atomic E-state index is -0.391. The Bertz CT molecular complexity index is 500. The Labute approximate surface area is 131 Å². The van der Waals surface area contributed by atoms with Crippen molar-refractivity contribution in [3.63, 3.8) is 0 Å². The van der Waals surface area contributed by atoms with Crippen molar-refractivity contribution in [2.45, 2.75) is 39.7 Å². The smallest absolute Gasteiger partial charge is 0.338 e. The van der Waals surface area contributed by atoms with Crippen LogP contribution in [0.3, 0.4) is 0 Å². The van der Waals surface area contributed by atoms with E-state index in [2.05, 4.69) is 11.8 Å². The maximum absolute atomic E-state index is 11.9. The molecule has 1 aliphatic heterocycles. The first-order chi connectivity index (χ1) is 9.88. The summed E-state index contributed by atoms with van der Waals surface area (Å²) in [4.78, 5) is 14.1. The van der Waals surface area contributed by atoms with Crippen molar-refractivity contribution in [3.05, 3.63) is 22.7 Å². The number of halogens is 1. The van der Waals surface area contributed by atoms with Gasteiger partial charge in [-0.25, -0.2) is 4.79 Å². The minimum absolute atomic E-state index is 0.166. The molecule has 0 radical (unpaired) electrons. The summed E-state index contributed by atoms with van der Waals surface area (Å²) in [5, 5.41) is 0.514. The summed E-state index contributed by atoms with van der Waals surface area (Å²) in [5.74, 6) is 0.346. The summed E-state index contributed by atoms with van der Waals surface area (Å²) in [6.07, 6.45) is 2.10. The van der Waals surface area contributed by atoms with Gasteiger partial charge < -0.3 is 15.4 Å². The average molecular weight is 311 g/mol. The van der Waals surface area contributed by atoms with Crippen molar-refractivity contribution in [1.82, 2.24) is 0 Å². The number of rotatable bonds is 3. The Morgan fingerprint density at radius 1 is 1.38 bits per heavy atom. The number of anilines is 2. The van der Waals surface area contributed by atoms with Crippen LogP contribution in [0.25, 0.3) is 0 Å². The van der Waals surface area contributed by atoms with Crippen LogP contribution in [0.15, 0.2) is 12.1 Å². The highest BCUT2D eigenvalue weighted by atomic mass is 35.5. The summed E-state index contributed by atoms with van der Waals surface area (Å²) < 4.78 is 5.18. The number of piperidine rings is 1. The van der Waals surface area contributed by atoms with Crippen LogP contribution in [0.5, 0.6) is 0 Å². The van der Waals surface area contributed by atoms with E-state index in [0.717, 1.165) is 37.5 Å². The first-order valence-corrected chi connectivity index (χ1v) is 7.81. The Morgan fingerprint density at radius 2 is 2.00 bits per heavy atom. The van der Waals surface area contributed by atoms with Crippen LogP contribution in [0.2, 0.25) is 5.02 Å². The molecule has 0 unspecified atom stereocenters. The summed E-state index contributed by atoms with van der Waals surface area (Å²) in [7, 11) is 0. The minimum Gasteiger partial charge on any atom is -0.459 e. The molecule has 0 bridgehead atoms. The van der Waals surface area contributed by atoms with E-state index in [1.807, 2.05) is 13.8 Å². The van der Waals surface area contributed by atoms with Crippen LogP contribution in [-0.2, 0) is 4.74 Å². The molecule has 1 saturated heterocycles. The monoisotopic (exact) mass is 310 g/mol. The van der Waals surface area contributed by atoms with Gasteiger partial charge in [0.05, 0.1) is 28.1 Å². The topological polar surface area (TPSA) is 55.6 Å². The van der Waals surface area contributed by atoms with Crippen LogP contribution in [0.4, 0.5) is 11.4 Å². The van der Waals surface area contributed by atoms with Crippen LogP contribution in [-0.4, -0.2) is 25.2 Å². The molecule has 0 aliphatic carbocycles. The van der Waals surface area contributed by atoms with Crippen molar-refractivity contribution < 1.29 is 9.53 Å². The zero-order valence-corrected chi connectivity index (χ0v) is 13.6. The average Bonchev–Trinajstić information content (AvgIpc) is 2.39. The van der Waals surface area contributed by atoms with Gasteiger partial charge in [0, 0.05) is 13.1 Å². The molecule has 0 atom stereocenters. The molecule has 1 aromatic carbocycles. The highest BCUT2D eigenvalue weighted by molar-refractivity contribution is 6.34. The Hall–Kier alpha value is -1.42. The third kappa shape index (κ3) is 3.82. The second-order valence-electron chi connectivity index (χ2n) is 6.02. The molecule has 0 spiro atoms. The first kappa shape index (κ1) is 16.0. The molecule has 4 nitrogen and oxygen atoms in total. The fourth-order valence-electron chi connectivity index (χ4n) is 2.59. The molecule has 1 aliphatic rings. The lowest BCUT2D eigenvalue weighted by atomic mass is 9.98. The molecule has 1 heterocycles. The van der Waals surface area contributed by atoms with Crippen molar-refractivity contribution in [3.8, 4) is 0 Å². The number of nitrogen functional groups attached to an aromatic ring is 1. The van der Waals surface area contributed by atoms with E-state index >= 15 is 0 Å². The lowest BCUT2D eigenvalue weighted by Gasteiger charge is -2.33. The van der Waals surface area contributed by atoms with Gasteiger partial charge >= 0.3 is 5.97 Å². The zero-order chi connectivity index (χ0) is 15.6. The highest BCUT2D eigenvalue weighted by Crippen LogP contribution is 2.36. The number of hydrogen-bond acceptors (Lipinski definition) is 4. The standard InChI is InChI=1S/C16H23ClN2O2/c1-10(2)21-16(20)12-8-13(17)15(14(18)9-12)19-6-4-11(3)5-7-19/h8-11H,4-7,18H2,1-3H3. The van der Waals surface area contributed by atoms with E-state index in [1.165, 1.54) is 0 Å². The number of hydrogen-bond donors (Lipinski definition) is 1. The van der Waals surface area contributed by atoms with E-state index in [9.17, 15) is 4.79 Å². The van der Waals surface area contributed by atoms with E-state index in [4.69, 9.17) is 22.1 Å². The van der Waals surface area contributed by atoms with Crippen molar-refractivity contribution in [2.24, 2.45) is 5.92 Å². The summed E-state index contributed by atoms with van der Waals surface area (Å²) >= 11 is 6.36. The molecule has 1 fully saturated rings. The normalized spacial score (nSPS) is 16.3.